The molecule has 0 bridgehead atoms. The molecule has 1 aromatic carbocycles. The van der Waals surface area contributed by atoms with Crippen molar-refractivity contribution < 1.29 is 8.78 Å². The molecule has 0 atom stereocenters. The highest BCUT2D eigenvalue weighted by Crippen LogP contribution is 2.26. The number of aromatic amines is 1. The molecule has 0 aliphatic rings. The third-order valence-electron chi connectivity index (χ3n) is 3.10. The van der Waals surface area contributed by atoms with Crippen LogP contribution in [0.5, 0.6) is 0 Å². The maximum Gasteiger partial charge on any atom is 0.135 e. The largest absolute Gasteiger partial charge is 0.353 e. The molecule has 2 aromatic heterocycles. The lowest BCUT2D eigenvalue weighted by atomic mass is 10.1. The lowest BCUT2D eigenvalue weighted by Gasteiger charge is -2.02. The van der Waals surface area contributed by atoms with Crippen LogP contribution < -0.4 is 0 Å². The van der Waals surface area contributed by atoms with Crippen LogP contribution in [0.15, 0.2) is 48.7 Å². The third-order valence-corrected chi connectivity index (χ3v) is 3.10. The molecular weight excluding hydrogens is 258 g/mol. The number of nitrogens with one attached hydrogen (secondary N) is 1. The summed E-state index contributed by atoms with van der Waals surface area (Å²) in [7, 11) is 0. The monoisotopic (exact) mass is 270 g/mol. The van der Waals surface area contributed by atoms with E-state index < -0.39 is 11.6 Å². The first-order chi connectivity index (χ1) is 9.63. The lowest BCUT2D eigenvalue weighted by Crippen LogP contribution is -1.88. The van der Waals surface area contributed by atoms with Gasteiger partial charge in [-0.15, -0.1) is 0 Å². The average molecular weight is 270 g/mol. The van der Waals surface area contributed by atoms with E-state index in [0.29, 0.717) is 11.3 Å². The summed E-state index contributed by atoms with van der Waals surface area (Å²) < 4.78 is 26.7. The molecular formula is C16H12F2N2. The number of aromatic nitrogens is 2. The van der Waals surface area contributed by atoms with Gasteiger partial charge in [0, 0.05) is 23.5 Å². The minimum absolute atomic E-state index is 0.338. The van der Waals surface area contributed by atoms with Crippen LogP contribution in [-0.4, -0.2) is 9.97 Å². The first kappa shape index (κ1) is 12.5. The molecule has 20 heavy (non-hydrogen) atoms. The number of pyridine rings is 1. The molecule has 2 heterocycles. The zero-order chi connectivity index (χ0) is 14.1. The van der Waals surface area contributed by atoms with Crippen molar-refractivity contribution in [2.24, 2.45) is 0 Å². The normalized spacial score (nSPS) is 10.8. The Morgan fingerprint density at radius 1 is 0.950 bits per heavy atom. The number of H-pyrrole nitrogens is 1. The second kappa shape index (κ2) is 4.89. The minimum atomic E-state index is -0.587. The fraction of sp³-hybridized carbons (Fsp3) is 0.0625. The predicted octanol–water partition coefficient (Wildman–Crippen LogP) is 4.33. The van der Waals surface area contributed by atoms with Crippen LogP contribution in [0.2, 0.25) is 0 Å². The number of nitrogens with zero attached hydrogens (tertiary/aromatic N) is 1. The summed E-state index contributed by atoms with van der Waals surface area (Å²) in [6.07, 6.45) is 1.73. The van der Waals surface area contributed by atoms with E-state index in [0.717, 1.165) is 23.0 Å². The third kappa shape index (κ3) is 2.32. The molecule has 3 aromatic rings. The number of rotatable bonds is 2. The molecule has 0 aliphatic carbocycles. The van der Waals surface area contributed by atoms with E-state index >= 15 is 0 Å². The van der Waals surface area contributed by atoms with Gasteiger partial charge in [0.1, 0.15) is 11.6 Å². The van der Waals surface area contributed by atoms with E-state index in [9.17, 15) is 8.78 Å². The lowest BCUT2D eigenvalue weighted by molar-refractivity contribution is 0.585. The van der Waals surface area contributed by atoms with Gasteiger partial charge in [0.05, 0.1) is 11.4 Å². The highest BCUT2D eigenvalue weighted by molar-refractivity contribution is 5.67. The topological polar surface area (TPSA) is 28.7 Å². The van der Waals surface area contributed by atoms with Crippen LogP contribution in [0, 0.1) is 18.6 Å². The van der Waals surface area contributed by atoms with Crippen LogP contribution >= 0.6 is 0 Å². The zero-order valence-corrected chi connectivity index (χ0v) is 10.8. The minimum Gasteiger partial charge on any atom is -0.353 e. The number of hydrogen-bond acceptors (Lipinski definition) is 1. The highest BCUT2D eigenvalue weighted by atomic mass is 19.1. The van der Waals surface area contributed by atoms with E-state index in [2.05, 4.69) is 9.97 Å². The van der Waals surface area contributed by atoms with Crippen LogP contribution in [0.4, 0.5) is 8.78 Å². The van der Waals surface area contributed by atoms with Gasteiger partial charge in [0.15, 0.2) is 0 Å². The van der Waals surface area contributed by atoms with Crippen molar-refractivity contribution in [2.75, 3.05) is 0 Å². The Kier molecular flexibility index (Phi) is 3.06. The number of benzene rings is 1. The smallest absolute Gasteiger partial charge is 0.135 e. The quantitative estimate of drug-likeness (QED) is 0.737. The van der Waals surface area contributed by atoms with Gasteiger partial charge in [0.25, 0.3) is 0 Å². The summed E-state index contributed by atoms with van der Waals surface area (Å²) in [5, 5.41) is 0. The van der Waals surface area contributed by atoms with Crippen molar-refractivity contribution >= 4 is 0 Å². The molecule has 0 fully saturated rings. The van der Waals surface area contributed by atoms with Crippen molar-refractivity contribution in [3.8, 4) is 22.6 Å². The molecule has 100 valence electrons. The van der Waals surface area contributed by atoms with Crippen molar-refractivity contribution in [3.63, 3.8) is 0 Å². The number of halogens is 2. The summed E-state index contributed by atoms with van der Waals surface area (Å²) in [6, 6.07) is 11.0. The van der Waals surface area contributed by atoms with Gasteiger partial charge < -0.3 is 4.98 Å². The van der Waals surface area contributed by atoms with Crippen molar-refractivity contribution in [1.82, 2.24) is 9.97 Å². The van der Waals surface area contributed by atoms with Crippen molar-refractivity contribution in [2.45, 2.75) is 6.92 Å². The Morgan fingerprint density at radius 2 is 1.75 bits per heavy atom. The second-order valence-electron chi connectivity index (χ2n) is 4.63. The van der Waals surface area contributed by atoms with E-state index in [1.165, 1.54) is 12.1 Å². The zero-order valence-electron chi connectivity index (χ0n) is 10.8. The molecule has 0 saturated heterocycles. The maximum atomic E-state index is 13.7. The molecule has 0 spiro atoms. The van der Waals surface area contributed by atoms with Crippen LogP contribution in [-0.2, 0) is 0 Å². The molecule has 0 amide bonds. The predicted molar refractivity (Wildman–Crippen MR) is 74.1 cm³/mol. The van der Waals surface area contributed by atoms with E-state index in [4.69, 9.17) is 0 Å². The van der Waals surface area contributed by atoms with E-state index in [1.54, 1.807) is 12.3 Å². The van der Waals surface area contributed by atoms with E-state index in [-0.39, 0.29) is 0 Å². The second-order valence-corrected chi connectivity index (χ2v) is 4.63. The van der Waals surface area contributed by atoms with Crippen LogP contribution in [0.3, 0.4) is 0 Å². The summed E-state index contributed by atoms with van der Waals surface area (Å²) in [4.78, 5) is 7.38. The standard InChI is InChI=1S/C16H12F2N2/c1-10-6-7-19-16(8-10)15-5-4-14(20-15)12-3-2-11(17)9-13(12)18/h2-9,20H,1H3. The van der Waals surface area contributed by atoms with Gasteiger partial charge in [-0.25, -0.2) is 8.78 Å². The molecule has 2 nitrogen and oxygen atoms in total. The highest BCUT2D eigenvalue weighted by Gasteiger charge is 2.09. The molecule has 0 unspecified atom stereocenters. The van der Waals surface area contributed by atoms with Crippen LogP contribution in [0.1, 0.15) is 5.56 Å². The molecule has 3 rings (SSSR count). The molecule has 0 saturated carbocycles. The van der Waals surface area contributed by atoms with Gasteiger partial charge in [-0.1, -0.05) is 0 Å². The summed E-state index contributed by atoms with van der Waals surface area (Å²) >= 11 is 0. The van der Waals surface area contributed by atoms with Gasteiger partial charge in [-0.3, -0.25) is 4.98 Å². The fourth-order valence-corrected chi connectivity index (χ4v) is 2.09. The van der Waals surface area contributed by atoms with Crippen molar-refractivity contribution in [1.29, 1.82) is 0 Å². The molecule has 0 aliphatic heterocycles. The van der Waals surface area contributed by atoms with Crippen molar-refractivity contribution in [3.05, 3.63) is 65.9 Å². The average Bonchev–Trinajstić information content (AvgIpc) is 2.88. The summed E-state index contributed by atoms with van der Waals surface area (Å²) in [5.74, 6) is -1.17. The van der Waals surface area contributed by atoms with Gasteiger partial charge in [-0.05, 0) is 48.9 Å². The van der Waals surface area contributed by atoms with Gasteiger partial charge >= 0.3 is 0 Å². The van der Waals surface area contributed by atoms with Gasteiger partial charge in [0.2, 0.25) is 0 Å². The summed E-state index contributed by atoms with van der Waals surface area (Å²) in [6.45, 7) is 1.98. The molecule has 4 heteroatoms. The van der Waals surface area contributed by atoms with E-state index in [1.807, 2.05) is 25.1 Å². The maximum absolute atomic E-state index is 13.7. The Labute approximate surface area is 115 Å². The number of hydrogen-bond donors (Lipinski definition) is 1. The molecule has 1 N–H and O–H groups in total. The Hall–Kier alpha value is -2.49. The fourth-order valence-electron chi connectivity index (χ4n) is 2.09. The Morgan fingerprint density at radius 3 is 2.50 bits per heavy atom. The van der Waals surface area contributed by atoms with Gasteiger partial charge in [-0.2, -0.15) is 0 Å². The first-order valence-electron chi connectivity index (χ1n) is 6.21. The Bertz CT molecular complexity index is 763. The molecule has 0 radical (unpaired) electrons. The van der Waals surface area contributed by atoms with Crippen LogP contribution in [0.25, 0.3) is 22.6 Å². The number of aryl methyl sites for hydroxylation is 1. The SMILES string of the molecule is Cc1ccnc(-c2ccc(-c3ccc(F)cc3F)[nH]2)c1. The Balaban J connectivity index is 2.02. The first-order valence-corrected chi connectivity index (χ1v) is 6.21. The summed E-state index contributed by atoms with van der Waals surface area (Å²) in [5.41, 5.74) is 3.62.